The molecule has 11 heavy (non-hydrogen) atoms. The third-order valence-corrected chi connectivity index (χ3v) is 4.20. The first-order valence-corrected chi connectivity index (χ1v) is 5.70. The van der Waals surface area contributed by atoms with E-state index in [4.69, 9.17) is 5.14 Å². The second kappa shape index (κ2) is 2.20. The van der Waals surface area contributed by atoms with Crippen molar-refractivity contribution in [2.45, 2.75) is 30.9 Å². The second-order valence-electron chi connectivity index (χ2n) is 3.78. The summed E-state index contributed by atoms with van der Waals surface area (Å²) in [5.74, 6) is 1.52. The maximum absolute atomic E-state index is 10.8. The van der Waals surface area contributed by atoms with Crippen molar-refractivity contribution >= 4 is 10.0 Å². The monoisotopic (exact) mass is 175 g/mol. The minimum Gasteiger partial charge on any atom is -0.228 e. The summed E-state index contributed by atoms with van der Waals surface area (Å²) >= 11 is 0. The van der Waals surface area contributed by atoms with Gasteiger partial charge in [-0.1, -0.05) is 0 Å². The Morgan fingerprint density at radius 1 is 1.09 bits per heavy atom. The lowest BCUT2D eigenvalue weighted by Gasteiger charge is -2.33. The van der Waals surface area contributed by atoms with Crippen LogP contribution in [-0.2, 0) is 10.0 Å². The first-order chi connectivity index (χ1) is 5.07. The molecule has 0 radical (unpaired) electrons. The van der Waals surface area contributed by atoms with Crippen LogP contribution in [0.4, 0.5) is 0 Å². The van der Waals surface area contributed by atoms with Crippen LogP contribution in [-0.4, -0.2) is 13.7 Å². The third kappa shape index (κ3) is 1.42. The smallest absolute Gasteiger partial charge is 0.211 e. The molecule has 0 unspecified atom stereocenters. The highest BCUT2D eigenvalue weighted by molar-refractivity contribution is 7.89. The highest BCUT2D eigenvalue weighted by Gasteiger charge is 2.44. The molecule has 0 heterocycles. The summed E-state index contributed by atoms with van der Waals surface area (Å²) in [6, 6.07) is 0. The van der Waals surface area contributed by atoms with Crippen LogP contribution in [0.5, 0.6) is 0 Å². The molecule has 0 aromatic heterocycles. The Morgan fingerprint density at radius 3 is 2.00 bits per heavy atom. The molecular formula is C7H13NO2S. The lowest BCUT2D eigenvalue weighted by molar-refractivity contribution is 0.279. The van der Waals surface area contributed by atoms with Crippen molar-refractivity contribution in [3.63, 3.8) is 0 Å². The molecule has 0 bridgehead atoms. The number of nitrogens with two attached hydrogens (primary N) is 1. The highest BCUT2D eigenvalue weighted by atomic mass is 32.2. The van der Waals surface area contributed by atoms with E-state index in [-0.39, 0.29) is 5.25 Å². The molecule has 4 heteroatoms. The third-order valence-electron chi connectivity index (χ3n) is 2.88. The number of sulfonamides is 1. The minimum absolute atomic E-state index is 0.215. The van der Waals surface area contributed by atoms with Gasteiger partial charge in [0.25, 0.3) is 0 Å². The summed E-state index contributed by atoms with van der Waals surface area (Å²) in [5.41, 5.74) is 0. The fourth-order valence-corrected chi connectivity index (χ4v) is 2.86. The van der Waals surface area contributed by atoms with Crippen molar-refractivity contribution in [2.75, 3.05) is 0 Å². The Bertz CT molecular complexity index is 250. The van der Waals surface area contributed by atoms with Crippen LogP contribution in [0.3, 0.4) is 0 Å². The molecule has 3 nitrogen and oxygen atoms in total. The first-order valence-electron chi connectivity index (χ1n) is 4.09. The molecule has 0 spiro atoms. The maximum Gasteiger partial charge on any atom is 0.211 e. The molecule has 0 amide bonds. The van der Waals surface area contributed by atoms with Crippen molar-refractivity contribution < 1.29 is 8.42 Å². The normalized spacial score (nSPS) is 38.3. The van der Waals surface area contributed by atoms with Gasteiger partial charge in [-0.2, -0.15) is 0 Å². The molecule has 2 rings (SSSR count). The fraction of sp³-hybridized carbons (Fsp3) is 1.00. The molecule has 0 saturated heterocycles. The predicted molar refractivity (Wildman–Crippen MR) is 42.3 cm³/mol. The Morgan fingerprint density at radius 2 is 1.64 bits per heavy atom. The van der Waals surface area contributed by atoms with Gasteiger partial charge in [0.2, 0.25) is 10.0 Å². The van der Waals surface area contributed by atoms with E-state index >= 15 is 0 Å². The van der Waals surface area contributed by atoms with E-state index < -0.39 is 10.0 Å². The van der Waals surface area contributed by atoms with Gasteiger partial charge in [0.05, 0.1) is 5.25 Å². The lowest BCUT2D eigenvalue weighted by Crippen LogP contribution is -2.40. The summed E-state index contributed by atoms with van der Waals surface area (Å²) in [7, 11) is -3.20. The Balaban J connectivity index is 1.87. The Labute approximate surface area is 67.0 Å². The lowest BCUT2D eigenvalue weighted by atomic mass is 9.81. The number of rotatable bonds is 2. The van der Waals surface area contributed by atoms with E-state index in [1.54, 1.807) is 0 Å². The van der Waals surface area contributed by atoms with E-state index in [1.165, 1.54) is 12.8 Å². The van der Waals surface area contributed by atoms with Gasteiger partial charge in [-0.05, 0) is 37.5 Å². The van der Waals surface area contributed by atoms with Gasteiger partial charge in [-0.25, -0.2) is 13.6 Å². The molecule has 0 atom stereocenters. The van der Waals surface area contributed by atoms with Gasteiger partial charge >= 0.3 is 0 Å². The molecular weight excluding hydrogens is 162 g/mol. The summed E-state index contributed by atoms with van der Waals surface area (Å²) in [4.78, 5) is 0. The van der Waals surface area contributed by atoms with E-state index in [9.17, 15) is 8.42 Å². The van der Waals surface area contributed by atoms with Crippen molar-refractivity contribution in [1.29, 1.82) is 0 Å². The highest BCUT2D eigenvalue weighted by Crippen LogP contribution is 2.48. The SMILES string of the molecule is NS(=O)(=O)C1CC(C2CC2)C1. The molecule has 0 aliphatic heterocycles. The zero-order chi connectivity index (χ0) is 8.06. The van der Waals surface area contributed by atoms with E-state index in [0.717, 1.165) is 18.8 Å². The van der Waals surface area contributed by atoms with Crippen molar-refractivity contribution in [3.8, 4) is 0 Å². The predicted octanol–water partition coefficient (Wildman–Crippen LogP) is 0.464. The molecule has 0 aromatic rings. The topological polar surface area (TPSA) is 60.2 Å². The molecule has 2 saturated carbocycles. The van der Waals surface area contributed by atoms with Gasteiger partial charge < -0.3 is 0 Å². The van der Waals surface area contributed by atoms with Crippen molar-refractivity contribution in [1.82, 2.24) is 0 Å². The molecule has 2 aliphatic rings. The van der Waals surface area contributed by atoms with E-state index in [2.05, 4.69) is 0 Å². The average Bonchev–Trinajstić information content (AvgIpc) is 2.38. The van der Waals surface area contributed by atoms with Crippen LogP contribution < -0.4 is 5.14 Å². The van der Waals surface area contributed by atoms with Crippen LogP contribution in [0.15, 0.2) is 0 Å². The van der Waals surface area contributed by atoms with Gasteiger partial charge in [0, 0.05) is 0 Å². The van der Waals surface area contributed by atoms with Gasteiger partial charge in [-0.15, -0.1) is 0 Å². The van der Waals surface area contributed by atoms with Crippen LogP contribution in [0, 0.1) is 11.8 Å². The quantitative estimate of drug-likeness (QED) is 0.663. The van der Waals surface area contributed by atoms with E-state index in [0.29, 0.717) is 5.92 Å². The fourth-order valence-electron chi connectivity index (χ4n) is 1.83. The summed E-state index contributed by atoms with van der Waals surface area (Å²) in [6.07, 6.45) is 4.26. The average molecular weight is 175 g/mol. The minimum atomic E-state index is -3.20. The second-order valence-corrected chi connectivity index (χ2v) is 5.62. The largest absolute Gasteiger partial charge is 0.228 e. The molecule has 64 valence electrons. The standard InChI is InChI=1S/C7H13NO2S/c8-11(9,10)7-3-6(4-7)5-1-2-5/h5-7H,1-4H2,(H2,8,9,10). The maximum atomic E-state index is 10.8. The summed E-state index contributed by atoms with van der Waals surface area (Å²) < 4.78 is 21.6. The van der Waals surface area contributed by atoms with Crippen LogP contribution >= 0.6 is 0 Å². The summed E-state index contributed by atoms with van der Waals surface area (Å²) in [6.45, 7) is 0. The molecule has 2 aliphatic carbocycles. The van der Waals surface area contributed by atoms with Crippen LogP contribution in [0.25, 0.3) is 0 Å². The van der Waals surface area contributed by atoms with Gasteiger partial charge in [0.1, 0.15) is 0 Å². The zero-order valence-electron chi connectivity index (χ0n) is 6.36. The Kier molecular flexibility index (Phi) is 1.51. The molecule has 2 fully saturated rings. The number of primary sulfonamides is 1. The molecule has 0 aromatic carbocycles. The van der Waals surface area contributed by atoms with E-state index in [1.807, 2.05) is 0 Å². The summed E-state index contributed by atoms with van der Waals surface area (Å²) in [5, 5.41) is 4.78. The van der Waals surface area contributed by atoms with Crippen molar-refractivity contribution in [3.05, 3.63) is 0 Å². The van der Waals surface area contributed by atoms with Crippen molar-refractivity contribution in [2.24, 2.45) is 17.0 Å². The van der Waals surface area contributed by atoms with Gasteiger partial charge in [-0.3, -0.25) is 0 Å². The number of hydrogen-bond donors (Lipinski definition) is 1. The first kappa shape index (κ1) is 7.55. The number of hydrogen-bond acceptors (Lipinski definition) is 2. The van der Waals surface area contributed by atoms with Crippen LogP contribution in [0.2, 0.25) is 0 Å². The van der Waals surface area contributed by atoms with Crippen LogP contribution in [0.1, 0.15) is 25.7 Å². The molecule has 2 N–H and O–H groups in total. The Hall–Kier alpha value is -0.0900. The zero-order valence-corrected chi connectivity index (χ0v) is 7.18. The van der Waals surface area contributed by atoms with Gasteiger partial charge in [0.15, 0.2) is 0 Å².